The third kappa shape index (κ3) is 2.16. The lowest BCUT2D eigenvalue weighted by Gasteiger charge is -2.40. The van der Waals surface area contributed by atoms with Crippen LogP contribution in [-0.4, -0.2) is 29.2 Å². The van der Waals surface area contributed by atoms with E-state index < -0.39 is 0 Å². The molecule has 0 atom stereocenters. The summed E-state index contributed by atoms with van der Waals surface area (Å²) >= 11 is 0. The average molecular weight is 221 g/mol. The van der Waals surface area contributed by atoms with Gasteiger partial charge in [-0.25, -0.2) is 4.98 Å². The van der Waals surface area contributed by atoms with Crippen LogP contribution >= 0.6 is 0 Å². The van der Waals surface area contributed by atoms with Crippen molar-refractivity contribution in [2.75, 3.05) is 19.0 Å². The summed E-state index contributed by atoms with van der Waals surface area (Å²) < 4.78 is 5.54. The highest BCUT2D eigenvalue weighted by Gasteiger charge is 2.36. The third-order valence-corrected chi connectivity index (χ3v) is 3.48. The summed E-state index contributed by atoms with van der Waals surface area (Å²) in [6, 6.07) is 0. The predicted molar refractivity (Wildman–Crippen MR) is 63.6 cm³/mol. The molecule has 1 heterocycles. The Morgan fingerprint density at radius 3 is 2.62 bits per heavy atom. The number of nitrogens with zero attached hydrogens (tertiary/aromatic N) is 2. The lowest BCUT2D eigenvalue weighted by Crippen LogP contribution is -2.45. The van der Waals surface area contributed by atoms with Gasteiger partial charge in [-0.15, -0.1) is 0 Å². The molecule has 0 bridgehead atoms. The maximum absolute atomic E-state index is 5.54. The smallest absolute Gasteiger partial charge is 0.144 e. The van der Waals surface area contributed by atoms with E-state index in [0.29, 0.717) is 0 Å². The van der Waals surface area contributed by atoms with E-state index in [4.69, 9.17) is 4.74 Å². The second-order valence-corrected chi connectivity index (χ2v) is 4.52. The number of rotatable bonds is 4. The summed E-state index contributed by atoms with van der Waals surface area (Å²) in [6.07, 6.45) is 5.31. The highest BCUT2D eigenvalue weighted by molar-refractivity contribution is 5.34. The Morgan fingerprint density at radius 2 is 2.12 bits per heavy atom. The maximum Gasteiger partial charge on any atom is 0.144 e. The van der Waals surface area contributed by atoms with Gasteiger partial charge in [-0.2, -0.15) is 0 Å². The van der Waals surface area contributed by atoms with Crippen molar-refractivity contribution in [1.29, 1.82) is 0 Å². The number of nitrogens with one attached hydrogen (secondary N) is 1. The van der Waals surface area contributed by atoms with Crippen LogP contribution in [0.25, 0.3) is 0 Å². The minimum absolute atomic E-state index is 0.0282. The van der Waals surface area contributed by atoms with E-state index >= 15 is 0 Å². The van der Waals surface area contributed by atoms with Crippen LogP contribution in [0.1, 0.15) is 30.7 Å². The summed E-state index contributed by atoms with van der Waals surface area (Å²) in [6.45, 7) is 4.76. The first kappa shape index (κ1) is 11.3. The van der Waals surface area contributed by atoms with Crippen molar-refractivity contribution < 1.29 is 4.74 Å². The molecule has 1 aromatic rings. The minimum atomic E-state index is 0.0282. The standard InChI is InChI=1S/C12H19N3O/c1-9-10(2)15-11(7-13-9)14-8-12(16-3)5-4-6-12/h7H,4-6,8H2,1-3H3,(H,14,15). The Hall–Kier alpha value is -1.16. The molecule has 4 nitrogen and oxygen atoms in total. The molecule has 0 radical (unpaired) electrons. The SMILES string of the molecule is COC1(CNc2cnc(C)c(C)n2)CCC1. The quantitative estimate of drug-likeness (QED) is 0.845. The van der Waals surface area contributed by atoms with E-state index in [0.717, 1.165) is 36.6 Å². The molecule has 1 aromatic heterocycles. The molecule has 1 aliphatic carbocycles. The maximum atomic E-state index is 5.54. The Labute approximate surface area is 96.4 Å². The summed E-state index contributed by atoms with van der Waals surface area (Å²) in [5.74, 6) is 0.839. The van der Waals surface area contributed by atoms with E-state index in [1.165, 1.54) is 6.42 Å². The largest absolute Gasteiger partial charge is 0.376 e. The molecule has 2 rings (SSSR count). The van der Waals surface area contributed by atoms with Gasteiger partial charge >= 0.3 is 0 Å². The van der Waals surface area contributed by atoms with Crippen molar-refractivity contribution in [2.45, 2.75) is 38.7 Å². The molecule has 0 aliphatic heterocycles. The molecule has 0 amide bonds. The van der Waals surface area contributed by atoms with Gasteiger partial charge in [0.05, 0.1) is 23.2 Å². The second-order valence-electron chi connectivity index (χ2n) is 4.52. The monoisotopic (exact) mass is 221 g/mol. The second kappa shape index (κ2) is 4.37. The van der Waals surface area contributed by atoms with Gasteiger partial charge in [0.25, 0.3) is 0 Å². The van der Waals surface area contributed by atoms with Gasteiger partial charge in [0, 0.05) is 13.7 Å². The van der Waals surface area contributed by atoms with E-state index in [2.05, 4.69) is 15.3 Å². The van der Waals surface area contributed by atoms with E-state index in [9.17, 15) is 0 Å². The average Bonchev–Trinajstić information content (AvgIpc) is 2.22. The van der Waals surface area contributed by atoms with Crippen molar-refractivity contribution >= 4 is 5.82 Å². The molecule has 4 heteroatoms. The molecule has 1 aliphatic rings. The fourth-order valence-corrected chi connectivity index (χ4v) is 1.90. The Balaban J connectivity index is 1.96. The molecule has 1 saturated carbocycles. The summed E-state index contributed by atoms with van der Waals surface area (Å²) in [5.41, 5.74) is 1.99. The zero-order valence-corrected chi connectivity index (χ0v) is 10.2. The highest BCUT2D eigenvalue weighted by Crippen LogP contribution is 2.34. The molecular formula is C12H19N3O. The van der Waals surface area contributed by atoms with Crippen molar-refractivity contribution in [2.24, 2.45) is 0 Å². The van der Waals surface area contributed by atoms with Gasteiger partial charge in [-0.3, -0.25) is 4.98 Å². The van der Waals surface area contributed by atoms with Gasteiger partial charge in [0.15, 0.2) is 0 Å². The lowest BCUT2D eigenvalue weighted by molar-refractivity contribution is -0.0601. The molecule has 88 valence electrons. The van der Waals surface area contributed by atoms with Gasteiger partial charge < -0.3 is 10.1 Å². The van der Waals surface area contributed by atoms with Crippen molar-refractivity contribution in [3.05, 3.63) is 17.6 Å². The topological polar surface area (TPSA) is 47.0 Å². The van der Waals surface area contributed by atoms with Gasteiger partial charge in [-0.1, -0.05) is 0 Å². The summed E-state index contributed by atoms with van der Waals surface area (Å²) in [7, 11) is 1.78. The molecule has 1 fully saturated rings. The number of anilines is 1. The fourth-order valence-electron chi connectivity index (χ4n) is 1.90. The molecule has 16 heavy (non-hydrogen) atoms. The highest BCUT2D eigenvalue weighted by atomic mass is 16.5. The van der Waals surface area contributed by atoms with Crippen LogP contribution in [0.2, 0.25) is 0 Å². The first-order chi connectivity index (χ1) is 7.65. The fraction of sp³-hybridized carbons (Fsp3) is 0.667. The number of ether oxygens (including phenoxy) is 1. The van der Waals surface area contributed by atoms with Gasteiger partial charge in [0.2, 0.25) is 0 Å². The molecular weight excluding hydrogens is 202 g/mol. The van der Waals surface area contributed by atoms with Crippen LogP contribution in [0.3, 0.4) is 0 Å². The molecule has 0 aromatic carbocycles. The first-order valence-electron chi connectivity index (χ1n) is 5.74. The van der Waals surface area contributed by atoms with E-state index in [1.54, 1.807) is 13.3 Å². The van der Waals surface area contributed by atoms with E-state index in [-0.39, 0.29) is 5.60 Å². The van der Waals surface area contributed by atoms with Gasteiger partial charge in [0.1, 0.15) is 5.82 Å². The lowest BCUT2D eigenvalue weighted by atomic mass is 9.80. The molecule has 1 N–H and O–H groups in total. The van der Waals surface area contributed by atoms with Crippen LogP contribution in [-0.2, 0) is 4.74 Å². The summed E-state index contributed by atoms with van der Waals surface area (Å²) in [5, 5.41) is 3.31. The minimum Gasteiger partial charge on any atom is -0.376 e. The van der Waals surface area contributed by atoms with Crippen LogP contribution in [0.5, 0.6) is 0 Å². The number of methoxy groups -OCH3 is 1. The summed E-state index contributed by atoms with van der Waals surface area (Å²) in [4.78, 5) is 8.72. The zero-order chi connectivity index (χ0) is 11.6. The number of hydrogen-bond acceptors (Lipinski definition) is 4. The van der Waals surface area contributed by atoms with Gasteiger partial charge in [-0.05, 0) is 33.1 Å². The first-order valence-corrected chi connectivity index (χ1v) is 5.74. The van der Waals surface area contributed by atoms with Crippen molar-refractivity contribution in [1.82, 2.24) is 9.97 Å². The Kier molecular flexibility index (Phi) is 3.10. The van der Waals surface area contributed by atoms with Crippen molar-refractivity contribution in [3.63, 3.8) is 0 Å². The zero-order valence-electron chi connectivity index (χ0n) is 10.2. The van der Waals surface area contributed by atoms with Crippen LogP contribution in [0, 0.1) is 13.8 Å². The molecule has 0 saturated heterocycles. The number of hydrogen-bond donors (Lipinski definition) is 1. The van der Waals surface area contributed by atoms with Crippen LogP contribution in [0.15, 0.2) is 6.20 Å². The Morgan fingerprint density at radius 1 is 1.38 bits per heavy atom. The van der Waals surface area contributed by atoms with E-state index in [1.807, 2.05) is 13.8 Å². The molecule has 0 spiro atoms. The third-order valence-electron chi connectivity index (χ3n) is 3.48. The molecule has 0 unspecified atom stereocenters. The number of aromatic nitrogens is 2. The normalized spacial score (nSPS) is 17.9. The Bertz CT molecular complexity index is 369. The van der Waals surface area contributed by atoms with Crippen molar-refractivity contribution in [3.8, 4) is 0 Å². The number of aryl methyl sites for hydroxylation is 2. The van der Waals surface area contributed by atoms with Crippen LogP contribution < -0.4 is 5.32 Å². The van der Waals surface area contributed by atoms with Crippen LogP contribution in [0.4, 0.5) is 5.82 Å². The predicted octanol–water partition coefficient (Wildman–Crippen LogP) is 2.07.